The number of anilines is 3. The second-order valence-electron chi connectivity index (χ2n) is 14.4. The van der Waals surface area contributed by atoms with Crippen molar-refractivity contribution in [3.05, 3.63) is 151 Å². The Bertz CT molecular complexity index is 3250. The zero-order valence-corrected chi connectivity index (χ0v) is 28.8. The molecule has 0 aliphatic heterocycles. The highest BCUT2D eigenvalue weighted by molar-refractivity contribution is 7.26. The van der Waals surface area contributed by atoms with Gasteiger partial charge in [-0.15, -0.1) is 11.3 Å². The van der Waals surface area contributed by atoms with Crippen LogP contribution in [0.15, 0.2) is 144 Å². The first-order chi connectivity index (χ1) is 25.1. The second kappa shape index (κ2) is 9.53. The number of rotatable bonds is 3. The van der Waals surface area contributed by atoms with Crippen LogP contribution in [-0.2, 0) is 5.41 Å². The summed E-state index contributed by atoms with van der Waals surface area (Å²) < 4.78 is 11.1. The van der Waals surface area contributed by atoms with Crippen LogP contribution in [0.2, 0.25) is 0 Å². The molecule has 1 aliphatic rings. The quantitative estimate of drug-likeness (QED) is 0.187. The fourth-order valence-electron chi connectivity index (χ4n) is 9.17. The zero-order valence-electron chi connectivity index (χ0n) is 27.9. The summed E-state index contributed by atoms with van der Waals surface area (Å²) in [6.07, 6.45) is 1.58. The summed E-state index contributed by atoms with van der Waals surface area (Å²) in [4.78, 5) is 7.12. The van der Waals surface area contributed by atoms with Gasteiger partial charge in [-0.1, -0.05) is 92.7 Å². The highest BCUT2D eigenvalue weighted by atomic mass is 32.1. The number of fused-ring (bicyclic) bond motifs is 14. The van der Waals surface area contributed by atoms with Crippen molar-refractivity contribution in [2.75, 3.05) is 4.90 Å². The van der Waals surface area contributed by atoms with E-state index in [4.69, 9.17) is 4.42 Å². The zero-order chi connectivity index (χ0) is 33.6. The van der Waals surface area contributed by atoms with Gasteiger partial charge in [-0.25, -0.2) is 4.98 Å². The molecule has 1 aliphatic carbocycles. The summed E-state index contributed by atoms with van der Waals surface area (Å²) >= 11 is 1.87. The van der Waals surface area contributed by atoms with Crippen LogP contribution in [0.4, 0.5) is 17.1 Å². The van der Waals surface area contributed by atoms with Gasteiger partial charge < -0.3 is 13.7 Å². The molecular weight excluding hydrogens is 643 g/mol. The SMILES string of the molecule is CC1(C)c2ccccc2-c2ccc(N(c3ccc4c(c3)c3c5ocnc5cc5c6ccccc6n4c53)c3cccc4c3sc3ccccc34)cc21. The Morgan fingerprint density at radius 1 is 0.627 bits per heavy atom. The minimum Gasteiger partial charge on any atom is -0.443 e. The van der Waals surface area contributed by atoms with Gasteiger partial charge in [-0.05, 0) is 76.9 Å². The number of hydrogen-bond acceptors (Lipinski definition) is 4. The molecule has 0 bridgehead atoms. The third kappa shape index (κ3) is 3.46. The van der Waals surface area contributed by atoms with Crippen LogP contribution >= 0.6 is 11.3 Å². The highest BCUT2D eigenvalue weighted by Crippen LogP contribution is 2.52. The van der Waals surface area contributed by atoms with Crippen LogP contribution in [0.25, 0.3) is 80.5 Å². The molecule has 4 heterocycles. The van der Waals surface area contributed by atoms with Crippen molar-refractivity contribution in [2.45, 2.75) is 19.3 Å². The van der Waals surface area contributed by atoms with Gasteiger partial charge in [0.1, 0.15) is 5.52 Å². The molecule has 7 aromatic carbocycles. The fraction of sp³-hybridized carbons (Fsp3) is 0.0652. The van der Waals surface area contributed by atoms with Gasteiger partial charge in [0.2, 0.25) is 0 Å². The predicted molar refractivity (Wildman–Crippen MR) is 214 cm³/mol. The van der Waals surface area contributed by atoms with Gasteiger partial charge in [-0.3, -0.25) is 0 Å². The highest BCUT2D eigenvalue weighted by Gasteiger charge is 2.36. The molecular formula is C46H29N3OS. The molecule has 0 saturated heterocycles. The summed E-state index contributed by atoms with van der Waals surface area (Å²) in [7, 11) is 0. The number of para-hydroxylation sites is 1. The Kier molecular flexibility index (Phi) is 5.17. The molecule has 4 aromatic heterocycles. The minimum atomic E-state index is -0.118. The average Bonchev–Trinajstić information content (AvgIpc) is 3.97. The minimum absolute atomic E-state index is 0.118. The molecule has 0 N–H and O–H groups in total. The lowest BCUT2D eigenvalue weighted by molar-refractivity contribution is 0.605. The first-order valence-electron chi connectivity index (χ1n) is 17.5. The van der Waals surface area contributed by atoms with Crippen LogP contribution < -0.4 is 4.90 Å². The van der Waals surface area contributed by atoms with Gasteiger partial charge in [0.15, 0.2) is 12.0 Å². The van der Waals surface area contributed by atoms with Gasteiger partial charge in [-0.2, -0.15) is 0 Å². The lowest BCUT2D eigenvalue weighted by atomic mass is 9.82. The van der Waals surface area contributed by atoms with E-state index >= 15 is 0 Å². The lowest BCUT2D eigenvalue weighted by Crippen LogP contribution is -2.16. The molecule has 11 aromatic rings. The smallest absolute Gasteiger partial charge is 0.182 e. The number of oxazole rings is 1. The normalized spacial score (nSPS) is 13.8. The van der Waals surface area contributed by atoms with Crippen molar-refractivity contribution in [2.24, 2.45) is 0 Å². The molecule has 0 saturated carbocycles. The molecule has 12 rings (SSSR count). The fourth-order valence-corrected chi connectivity index (χ4v) is 10.4. The van der Waals surface area contributed by atoms with E-state index < -0.39 is 0 Å². The van der Waals surface area contributed by atoms with Crippen molar-refractivity contribution < 1.29 is 4.42 Å². The molecule has 0 amide bonds. The molecule has 0 spiro atoms. The van der Waals surface area contributed by atoms with E-state index in [9.17, 15) is 0 Å². The molecule has 0 atom stereocenters. The topological polar surface area (TPSA) is 33.7 Å². The van der Waals surface area contributed by atoms with Crippen molar-refractivity contribution in [1.29, 1.82) is 0 Å². The van der Waals surface area contributed by atoms with Gasteiger partial charge >= 0.3 is 0 Å². The van der Waals surface area contributed by atoms with Gasteiger partial charge in [0.05, 0.1) is 32.3 Å². The van der Waals surface area contributed by atoms with E-state index in [0.29, 0.717) is 0 Å². The number of nitrogens with zero attached hydrogens (tertiary/aromatic N) is 3. The molecule has 4 nitrogen and oxygen atoms in total. The van der Waals surface area contributed by atoms with Gasteiger partial charge in [0, 0.05) is 48.4 Å². The van der Waals surface area contributed by atoms with Crippen molar-refractivity contribution in [3.8, 4) is 11.1 Å². The first-order valence-corrected chi connectivity index (χ1v) is 18.3. The summed E-state index contributed by atoms with van der Waals surface area (Å²) in [6.45, 7) is 4.71. The van der Waals surface area contributed by atoms with Crippen LogP contribution in [-0.4, -0.2) is 9.38 Å². The van der Waals surface area contributed by atoms with E-state index in [1.807, 2.05) is 11.3 Å². The number of hydrogen-bond donors (Lipinski definition) is 0. The van der Waals surface area contributed by atoms with Gasteiger partial charge in [0.25, 0.3) is 0 Å². The third-order valence-corrected chi connectivity index (χ3v) is 12.7. The summed E-state index contributed by atoms with van der Waals surface area (Å²) in [5, 5.41) is 7.27. The Hall–Kier alpha value is -6.17. The number of aromatic nitrogens is 2. The van der Waals surface area contributed by atoms with Crippen LogP contribution in [0, 0.1) is 0 Å². The maximum atomic E-state index is 6.16. The Balaban J connectivity index is 1.18. The average molecular weight is 672 g/mol. The van der Waals surface area contributed by atoms with E-state index in [0.717, 1.165) is 38.8 Å². The predicted octanol–water partition coefficient (Wildman–Crippen LogP) is 13.1. The standard InChI is InChI=1S/C46H29N3OS/c1-46(2)35-14-6-3-10-28(35)29-20-18-27(23-36(29)46)48(40-16-9-13-32-31-12-5-8-17-41(31)51-45(32)40)26-19-21-39-34(22-26)42-43-33(24-37-44(42)50-25-47-37)30-11-4-7-15-38(30)49(39)43/h3-25H,1-2H3. The Labute approximate surface area is 296 Å². The molecule has 0 radical (unpaired) electrons. The number of thiophene rings is 1. The number of benzene rings is 7. The van der Waals surface area contributed by atoms with E-state index in [1.165, 1.54) is 69.9 Å². The Morgan fingerprint density at radius 2 is 1.37 bits per heavy atom. The maximum absolute atomic E-state index is 6.16. The molecule has 0 unspecified atom stereocenters. The molecule has 51 heavy (non-hydrogen) atoms. The molecule has 0 fully saturated rings. The van der Waals surface area contributed by atoms with Crippen molar-refractivity contribution in [1.82, 2.24) is 9.38 Å². The van der Waals surface area contributed by atoms with Crippen molar-refractivity contribution in [3.63, 3.8) is 0 Å². The third-order valence-electron chi connectivity index (χ3n) is 11.5. The van der Waals surface area contributed by atoms with E-state index in [1.54, 1.807) is 6.39 Å². The van der Waals surface area contributed by atoms with E-state index in [-0.39, 0.29) is 5.41 Å². The lowest BCUT2D eigenvalue weighted by Gasteiger charge is -2.28. The second-order valence-corrected chi connectivity index (χ2v) is 15.4. The van der Waals surface area contributed by atoms with E-state index in [2.05, 4.69) is 162 Å². The molecule has 5 heteroatoms. The molecule has 240 valence electrons. The summed E-state index contributed by atoms with van der Waals surface area (Å²) in [6, 6.07) is 49.3. The van der Waals surface area contributed by atoms with Crippen LogP contribution in [0.5, 0.6) is 0 Å². The maximum Gasteiger partial charge on any atom is 0.182 e. The Morgan fingerprint density at radius 3 is 2.31 bits per heavy atom. The first kappa shape index (κ1) is 27.6. The summed E-state index contributed by atoms with van der Waals surface area (Å²) in [5.41, 5.74) is 13.9. The van der Waals surface area contributed by atoms with Crippen LogP contribution in [0.3, 0.4) is 0 Å². The van der Waals surface area contributed by atoms with Crippen molar-refractivity contribution >= 4 is 97.8 Å². The summed E-state index contributed by atoms with van der Waals surface area (Å²) in [5.74, 6) is 0. The largest absolute Gasteiger partial charge is 0.443 e. The monoisotopic (exact) mass is 671 g/mol. The van der Waals surface area contributed by atoms with Crippen LogP contribution in [0.1, 0.15) is 25.0 Å².